The minimum absolute atomic E-state index is 0.126. The molecule has 10 heteroatoms. The van der Waals surface area contributed by atoms with E-state index in [-0.39, 0.29) is 11.7 Å². The van der Waals surface area contributed by atoms with Crippen molar-refractivity contribution in [3.8, 4) is 11.6 Å². The van der Waals surface area contributed by atoms with Crippen molar-refractivity contribution in [2.24, 2.45) is 7.05 Å². The summed E-state index contributed by atoms with van der Waals surface area (Å²) in [5.74, 6) is 1.06. The number of aromatic nitrogens is 3. The van der Waals surface area contributed by atoms with Crippen molar-refractivity contribution >= 4 is 58.2 Å². The van der Waals surface area contributed by atoms with E-state index in [2.05, 4.69) is 15.5 Å². The molecule has 0 saturated heterocycles. The first kappa shape index (κ1) is 18.1. The smallest absolute Gasteiger partial charge is 0.234 e. The van der Waals surface area contributed by atoms with Crippen molar-refractivity contribution in [1.82, 2.24) is 14.8 Å². The highest BCUT2D eigenvalue weighted by Gasteiger charge is 2.15. The number of carbonyl (C=O) groups excluding carboxylic acids is 1. The van der Waals surface area contributed by atoms with Gasteiger partial charge in [0.25, 0.3) is 0 Å². The molecule has 25 heavy (non-hydrogen) atoms. The highest BCUT2D eigenvalue weighted by Crippen LogP contribution is 2.32. The van der Waals surface area contributed by atoms with E-state index in [0.717, 1.165) is 0 Å². The second-order valence-corrected chi connectivity index (χ2v) is 7.09. The van der Waals surface area contributed by atoms with Gasteiger partial charge in [-0.15, -0.1) is 10.2 Å². The molecule has 3 aromatic rings. The summed E-state index contributed by atoms with van der Waals surface area (Å²) in [6.07, 6.45) is 1.56. The minimum atomic E-state index is -0.257. The summed E-state index contributed by atoms with van der Waals surface area (Å²) in [5.41, 5.74) is 0.399. The molecule has 0 aliphatic carbocycles. The van der Waals surface area contributed by atoms with Crippen LogP contribution in [0.4, 0.5) is 5.69 Å². The van der Waals surface area contributed by atoms with Crippen molar-refractivity contribution in [3.63, 3.8) is 0 Å². The monoisotopic (exact) mass is 416 g/mol. The summed E-state index contributed by atoms with van der Waals surface area (Å²) in [6, 6.07) is 6.54. The number of nitrogens with zero attached hydrogens (tertiary/aromatic N) is 3. The third kappa shape index (κ3) is 4.12. The molecule has 0 spiro atoms. The van der Waals surface area contributed by atoms with Crippen LogP contribution in [0.5, 0.6) is 0 Å². The first-order valence-electron chi connectivity index (χ1n) is 6.96. The molecule has 0 fully saturated rings. The quantitative estimate of drug-likeness (QED) is 0.478. The van der Waals surface area contributed by atoms with Gasteiger partial charge in [-0.3, -0.25) is 4.79 Å². The van der Waals surface area contributed by atoms with Gasteiger partial charge < -0.3 is 14.3 Å². The zero-order valence-electron chi connectivity index (χ0n) is 12.8. The highest BCUT2D eigenvalue weighted by molar-refractivity contribution is 7.99. The molecule has 0 unspecified atom stereocenters. The molecule has 0 aliphatic heterocycles. The van der Waals surface area contributed by atoms with Crippen molar-refractivity contribution in [2.75, 3.05) is 11.1 Å². The van der Waals surface area contributed by atoms with Crippen molar-refractivity contribution in [3.05, 3.63) is 45.6 Å². The van der Waals surface area contributed by atoms with Gasteiger partial charge in [0.15, 0.2) is 16.7 Å². The Kier molecular flexibility index (Phi) is 5.58. The average Bonchev–Trinajstić information content (AvgIpc) is 3.20. The van der Waals surface area contributed by atoms with Gasteiger partial charge in [-0.1, -0.05) is 46.6 Å². The molecule has 1 N–H and O–H groups in total. The molecule has 1 amide bonds. The largest absolute Gasteiger partial charge is 0.461 e. The van der Waals surface area contributed by atoms with Crippen LogP contribution in [0.25, 0.3) is 11.6 Å². The number of thioether (sulfide) groups is 1. The van der Waals surface area contributed by atoms with Crippen LogP contribution in [0.15, 0.2) is 40.1 Å². The third-order valence-electron chi connectivity index (χ3n) is 3.19. The molecule has 2 heterocycles. The van der Waals surface area contributed by atoms with E-state index < -0.39 is 0 Å². The van der Waals surface area contributed by atoms with Gasteiger partial charge in [0.2, 0.25) is 5.91 Å². The molecule has 0 radical (unpaired) electrons. The van der Waals surface area contributed by atoms with E-state index in [0.29, 0.717) is 37.5 Å². The number of furan rings is 1. The first-order chi connectivity index (χ1) is 12.0. The molecule has 0 atom stereocenters. The molecule has 6 nitrogen and oxygen atoms in total. The number of carbonyl (C=O) groups is 1. The van der Waals surface area contributed by atoms with Crippen LogP contribution >= 0.6 is 46.6 Å². The number of benzene rings is 1. The molecule has 0 bridgehead atoms. The normalized spacial score (nSPS) is 10.9. The van der Waals surface area contributed by atoms with Crippen molar-refractivity contribution < 1.29 is 9.21 Å². The van der Waals surface area contributed by atoms with Crippen LogP contribution in [0.3, 0.4) is 0 Å². The number of rotatable bonds is 5. The summed E-state index contributed by atoms with van der Waals surface area (Å²) >= 11 is 19.1. The van der Waals surface area contributed by atoms with Crippen LogP contribution in [0.1, 0.15) is 0 Å². The van der Waals surface area contributed by atoms with E-state index in [9.17, 15) is 4.79 Å². The predicted molar refractivity (Wildman–Crippen MR) is 99.5 cm³/mol. The lowest BCUT2D eigenvalue weighted by atomic mass is 10.3. The van der Waals surface area contributed by atoms with Crippen molar-refractivity contribution in [2.45, 2.75) is 5.16 Å². The maximum atomic E-state index is 12.1. The summed E-state index contributed by atoms with van der Waals surface area (Å²) in [5, 5.41) is 12.4. The molecular formula is C15H11Cl3N4O2S. The molecule has 0 saturated carbocycles. The van der Waals surface area contributed by atoms with Gasteiger partial charge in [0.1, 0.15) is 0 Å². The SMILES string of the molecule is Cn1c(SCC(=O)Nc2cc(Cl)c(Cl)cc2Cl)nnc1-c1ccco1. The van der Waals surface area contributed by atoms with Crippen molar-refractivity contribution in [1.29, 1.82) is 0 Å². The Labute approximate surface area is 162 Å². The van der Waals surface area contributed by atoms with Gasteiger partial charge >= 0.3 is 0 Å². The Hall–Kier alpha value is -1.67. The van der Waals surface area contributed by atoms with Crippen LogP contribution in [0, 0.1) is 0 Å². The molecule has 3 rings (SSSR count). The van der Waals surface area contributed by atoms with Gasteiger partial charge in [-0.05, 0) is 24.3 Å². The summed E-state index contributed by atoms with van der Waals surface area (Å²) in [6.45, 7) is 0. The summed E-state index contributed by atoms with van der Waals surface area (Å²) < 4.78 is 7.06. The Balaban J connectivity index is 1.64. The molecule has 130 valence electrons. The van der Waals surface area contributed by atoms with E-state index in [4.69, 9.17) is 39.2 Å². The predicted octanol–water partition coefficient (Wildman–Crippen LogP) is 4.77. The molecular weight excluding hydrogens is 407 g/mol. The molecule has 2 aromatic heterocycles. The Morgan fingerprint density at radius 3 is 2.72 bits per heavy atom. The fourth-order valence-electron chi connectivity index (χ4n) is 2.00. The van der Waals surface area contributed by atoms with Crippen LogP contribution in [-0.2, 0) is 11.8 Å². The lowest BCUT2D eigenvalue weighted by Gasteiger charge is -2.08. The fourth-order valence-corrected chi connectivity index (χ4v) is 3.30. The van der Waals surface area contributed by atoms with Crippen LogP contribution in [0.2, 0.25) is 15.1 Å². The summed E-state index contributed by atoms with van der Waals surface area (Å²) in [7, 11) is 1.80. The standard InChI is InChI=1S/C15H11Cl3N4O2S/c1-22-14(12-3-2-4-24-12)20-21-15(22)25-7-13(23)19-11-6-9(17)8(16)5-10(11)18/h2-6H,7H2,1H3,(H,19,23). The Bertz CT molecular complexity index is 912. The number of anilines is 1. The zero-order chi connectivity index (χ0) is 18.0. The maximum Gasteiger partial charge on any atom is 0.234 e. The van der Waals surface area contributed by atoms with E-state index in [1.165, 1.54) is 23.9 Å². The topological polar surface area (TPSA) is 73.0 Å². The molecule has 0 aliphatic rings. The second kappa shape index (κ2) is 7.70. The third-order valence-corrected chi connectivity index (χ3v) is 5.25. The van der Waals surface area contributed by atoms with E-state index in [1.54, 1.807) is 30.0 Å². The number of amides is 1. The molecule has 1 aromatic carbocycles. The number of halogens is 3. The van der Waals surface area contributed by atoms with E-state index >= 15 is 0 Å². The maximum absolute atomic E-state index is 12.1. The Morgan fingerprint density at radius 1 is 1.24 bits per heavy atom. The number of nitrogens with one attached hydrogen (secondary N) is 1. The van der Waals surface area contributed by atoms with Gasteiger partial charge in [0, 0.05) is 7.05 Å². The second-order valence-electron chi connectivity index (χ2n) is 4.93. The van der Waals surface area contributed by atoms with Crippen LogP contribution < -0.4 is 5.32 Å². The lowest BCUT2D eigenvalue weighted by Crippen LogP contribution is -2.14. The zero-order valence-corrected chi connectivity index (χ0v) is 15.9. The Morgan fingerprint density at radius 2 is 2.00 bits per heavy atom. The minimum Gasteiger partial charge on any atom is -0.461 e. The van der Waals surface area contributed by atoms with Gasteiger partial charge in [0.05, 0.1) is 32.8 Å². The first-order valence-corrected chi connectivity index (χ1v) is 9.08. The summed E-state index contributed by atoms with van der Waals surface area (Å²) in [4.78, 5) is 12.1. The fraction of sp³-hybridized carbons (Fsp3) is 0.133. The van der Waals surface area contributed by atoms with Crippen LogP contribution in [-0.4, -0.2) is 26.4 Å². The average molecular weight is 418 g/mol. The van der Waals surface area contributed by atoms with E-state index in [1.807, 2.05) is 0 Å². The van der Waals surface area contributed by atoms with Gasteiger partial charge in [-0.25, -0.2) is 0 Å². The van der Waals surface area contributed by atoms with Gasteiger partial charge in [-0.2, -0.15) is 0 Å². The lowest BCUT2D eigenvalue weighted by molar-refractivity contribution is -0.113. The number of hydrogen-bond acceptors (Lipinski definition) is 5. The highest BCUT2D eigenvalue weighted by atomic mass is 35.5. The number of hydrogen-bond donors (Lipinski definition) is 1.